The summed E-state index contributed by atoms with van der Waals surface area (Å²) in [4.78, 5) is 4.96. The van der Waals surface area contributed by atoms with Crippen LogP contribution in [0.1, 0.15) is 19.2 Å². The predicted molar refractivity (Wildman–Crippen MR) is 79.7 cm³/mol. The largest absolute Gasteiger partial charge is 0.309 e. The van der Waals surface area contributed by atoms with E-state index in [2.05, 4.69) is 45.6 Å². The number of piperazine rings is 1. The van der Waals surface area contributed by atoms with Gasteiger partial charge in [0, 0.05) is 45.4 Å². The molecule has 1 saturated heterocycles. The molecule has 0 radical (unpaired) electrons. The molecule has 108 valence electrons. The summed E-state index contributed by atoms with van der Waals surface area (Å²) in [5.74, 6) is 2.20. The van der Waals surface area contributed by atoms with E-state index >= 15 is 0 Å². The molecule has 1 aromatic rings. The molecule has 0 atom stereocenters. The van der Waals surface area contributed by atoms with Gasteiger partial charge in [0.1, 0.15) is 5.82 Å². The maximum absolute atomic E-state index is 4.24. The molecule has 0 saturated carbocycles. The first-order chi connectivity index (χ1) is 9.20. The number of hydrogen-bond donors (Lipinski definition) is 0. The fraction of sp³-hybridized carbons (Fsp3) is 0.846. The summed E-state index contributed by atoms with van der Waals surface area (Å²) in [6.45, 7) is 8.16. The van der Waals surface area contributed by atoms with Gasteiger partial charge in [0.05, 0.1) is 0 Å². The zero-order valence-corrected chi connectivity index (χ0v) is 13.1. The quantitative estimate of drug-likeness (QED) is 0.577. The number of aromatic nitrogens is 3. The Morgan fingerprint density at radius 2 is 1.84 bits per heavy atom. The van der Waals surface area contributed by atoms with Crippen LogP contribution in [0.25, 0.3) is 0 Å². The molecule has 0 aliphatic carbocycles. The smallest absolute Gasteiger partial charge is 0.190 e. The molecule has 0 unspecified atom stereocenters. The number of thioether (sulfide) groups is 1. The summed E-state index contributed by atoms with van der Waals surface area (Å²) in [6, 6.07) is 0. The van der Waals surface area contributed by atoms with Crippen LogP contribution in [0.15, 0.2) is 5.16 Å². The molecule has 19 heavy (non-hydrogen) atoms. The van der Waals surface area contributed by atoms with Crippen LogP contribution in [-0.2, 0) is 13.5 Å². The summed E-state index contributed by atoms with van der Waals surface area (Å²) >= 11 is 1.82. The molecule has 1 aliphatic heterocycles. The van der Waals surface area contributed by atoms with Crippen molar-refractivity contribution in [2.75, 3.05) is 45.5 Å². The number of aryl methyl sites for hydroxylation is 1. The van der Waals surface area contributed by atoms with Crippen molar-refractivity contribution in [3.8, 4) is 0 Å². The Hall–Kier alpha value is -0.590. The fourth-order valence-electron chi connectivity index (χ4n) is 2.30. The Morgan fingerprint density at radius 3 is 2.47 bits per heavy atom. The molecule has 6 heteroatoms. The summed E-state index contributed by atoms with van der Waals surface area (Å²) in [5, 5.41) is 9.47. The van der Waals surface area contributed by atoms with E-state index in [1.54, 1.807) is 0 Å². The second-order valence-electron chi connectivity index (χ2n) is 5.16. The van der Waals surface area contributed by atoms with Crippen LogP contribution in [-0.4, -0.2) is 70.1 Å². The maximum Gasteiger partial charge on any atom is 0.190 e. The van der Waals surface area contributed by atoms with Crippen molar-refractivity contribution in [1.82, 2.24) is 24.6 Å². The normalized spacial score (nSPS) is 18.1. The first-order valence-electron chi connectivity index (χ1n) is 7.12. The molecule has 1 fully saturated rings. The lowest BCUT2D eigenvalue weighted by Gasteiger charge is -2.32. The van der Waals surface area contributed by atoms with Gasteiger partial charge in [-0.3, -0.25) is 0 Å². The average molecular weight is 283 g/mol. The molecule has 1 aliphatic rings. The second-order valence-corrected chi connectivity index (χ2v) is 6.22. The summed E-state index contributed by atoms with van der Waals surface area (Å²) in [6.07, 6.45) is 2.17. The minimum absolute atomic E-state index is 0.950. The number of nitrogens with zero attached hydrogens (tertiary/aromatic N) is 5. The summed E-state index contributed by atoms with van der Waals surface area (Å²) in [5.41, 5.74) is 0. The van der Waals surface area contributed by atoms with Crippen molar-refractivity contribution in [3.05, 3.63) is 5.82 Å². The van der Waals surface area contributed by atoms with Crippen molar-refractivity contribution in [1.29, 1.82) is 0 Å². The highest BCUT2D eigenvalue weighted by molar-refractivity contribution is 7.99. The van der Waals surface area contributed by atoms with Gasteiger partial charge in [-0.2, -0.15) is 0 Å². The molecule has 2 heterocycles. The van der Waals surface area contributed by atoms with Crippen molar-refractivity contribution >= 4 is 11.8 Å². The zero-order chi connectivity index (χ0) is 13.7. The van der Waals surface area contributed by atoms with Gasteiger partial charge >= 0.3 is 0 Å². The van der Waals surface area contributed by atoms with Crippen LogP contribution in [0.3, 0.4) is 0 Å². The SMILES string of the molecule is CCc1nnc(SCCCN2CCN(C)CC2)n1C. The minimum Gasteiger partial charge on any atom is -0.309 e. The standard InChI is InChI=1S/C13H25N5S/c1-4-12-14-15-13(17(12)3)19-11-5-6-18-9-7-16(2)8-10-18/h4-11H2,1-3H3. The number of likely N-dealkylation sites (N-methyl/N-ethyl adjacent to an activating group) is 1. The first kappa shape index (κ1) is 14.8. The Balaban J connectivity index is 1.65. The number of rotatable bonds is 6. The third-order valence-electron chi connectivity index (χ3n) is 3.69. The van der Waals surface area contributed by atoms with Crippen LogP contribution >= 0.6 is 11.8 Å². The molecular weight excluding hydrogens is 258 g/mol. The predicted octanol–water partition coefficient (Wildman–Crippen LogP) is 1.11. The van der Waals surface area contributed by atoms with Gasteiger partial charge in [-0.15, -0.1) is 10.2 Å². The topological polar surface area (TPSA) is 37.2 Å². The molecule has 2 rings (SSSR count). The van der Waals surface area contributed by atoms with Crippen molar-refractivity contribution in [3.63, 3.8) is 0 Å². The van der Waals surface area contributed by atoms with Gasteiger partial charge in [0.25, 0.3) is 0 Å². The van der Waals surface area contributed by atoms with E-state index in [0.717, 1.165) is 23.2 Å². The summed E-state index contributed by atoms with van der Waals surface area (Å²) < 4.78 is 2.11. The van der Waals surface area contributed by atoms with Gasteiger partial charge in [-0.25, -0.2) is 0 Å². The zero-order valence-electron chi connectivity index (χ0n) is 12.3. The highest BCUT2D eigenvalue weighted by Crippen LogP contribution is 2.17. The average Bonchev–Trinajstić information content (AvgIpc) is 2.77. The Kier molecular flexibility index (Phi) is 5.66. The van der Waals surface area contributed by atoms with E-state index in [1.807, 2.05) is 11.8 Å². The highest BCUT2D eigenvalue weighted by Gasteiger charge is 2.13. The van der Waals surface area contributed by atoms with Gasteiger partial charge in [0.2, 0.25) is 0 Å². The Morgan fingerprint density at radius 1 is 1.11 bits per heavy atom. The molecule has 0 aromatic carbocycles. The molecular formula is C13H25N5S. The lowest BCUT2D eigenvalue weighted by Crippen LogP contribution is -2.44. The van der Waals surface area contributed by atoms with E-state index < -0.39 is 0 Å². The Bertz CT molecular complexity index is 384. The van der Waals surface area contributed by atoms with Crippen LogP contribution in [0.5, 0.6) is 0 Å². The fourth-order valence-corrected chi connectivity index (χ4v) is 3.16. The van der Waals surface area contributed by atoms with E-state index in [1.165, 1.54) is 39.1 Å². The monoisotopic (exact) mass is 283 g/mol. The molecule has 0 spiro atoms. The lowest BCUT2D eigenvalue weighted by atomic mass is 10.3. The maximum atomic E-state index is 4.24. The molecule has 5 nitrogen and oxygen atoms in total. The first-order valence-corrected chi connectivity index (χ1v) is 8.11. The van der Waals surface area contributed by atoms with Crippen molar-refractivity contribution in [2.45, 2.75) is 24.9 Å². The molecule has 0 amide bonds. The van der Waals surface area contributed by atoms with Crippen LogP contribution < -0.4 is 0 Å². The van der Waals surface area contributed by atoms with Gasteiger partial charge in [-0.1, -0.05) is 18.7 Å². The molecule has 0 bridgehead atoms. The van der Waals surface area contributed by atoms with Crippen LogP contribution in [0.4, 0.5) is 0 Å². The lowest BCUT2D eigenvalue weighted by molar-refractivity contribution is 0.154. The van der Waals surface area contributed by atoms with Gasteiger partial charge < -0.3 is 14.4 Å². The van der Waals surface area contributed by atoms with E-state index in [9.17, 15) is 0 Å². The third-order valence-corrected chi connectivity index (χ3v) is 4.79. The molecule has 1 aromatic heterocycles. The van der Waals surface area contributed by atoms with E-state index in [-0.39, 0.29) is 0 Å². The van der Waals surface area contributed by atoms with Crippen molar-refractivity contribution in [2.24, 2.45) is 7.05 Å². The van der Waals surface area contributed by atoms with E-state index in [0.29, 0.717) is 0 Å². The Labute approximate surface area is 120 Å². The molecule has 0 N–H and O–H groups in total. The summed E-state index contributed by atoms with van der Waals surface area (Å²) in [7, 11) is 4.26. The van der Waals surface area contributed by atoms with Crippen LogP contribution in [0.2, 0.25) is 0 Å². The van der Waals surface area contributed by atoms with Gasteiger partial charge in [0.15, 0.2) is 5.16 Å². The van der Waals surface area contributed by atoms with E-state index in [4.69, 9.17) is 0 Å². The highest BCUT2D eigenvalue weighted by atomic mass is 32.2. The van der Waals surface area contributed by atoms with Crippen molar-refractivity contribution < 1.29 is 0 Å². The van der Waals surface area contributed by atoms with Crippen LogP contribution in [0, 0.1) is 0 Å². The number of hydrogen-bond acceptors (Lipinski definition) is 5. The second kappa shape index (κ2) is 7.26. The minimum atomic E-state index is 0.950. The third kappa shape index (κ3) is 4.19. The van der Waals surface area contributed by atoms with Gasteiger partial charge in [-0.05, 0) is 20.0 Å².